The maximum atomic E-state index is 11.7. The van der Waals surface area contributed by atoms with E-state index < -0.39 is 10.0 Å². The number of unbranched alkanes of at least 4 members (excludes halogenated alkanes) is 1. The molecule has 1 aliphatic rings. The fourth-order valence-corrected chi connectivity index (χ4v) is 2.98. The van der Waals surface area contributed by atoms with Crippen molar-refractivity contribution < 1.29 is 13.2 Å². The van der Waals surface area contributed by atoms with Gasteiger partial charge in [0, 0.05) is 19.7 Å². The van der Waals surface area contributed by atoms with Crippen LogP contribution in [0.4, 0.5) is 0 Å². The van der Waals surface area contributed by atoms with Crippen LogP contribution in [0.2, 0.25) is 0 Å². The van der Waals surface area contributed by atoms with E-state index in [1.807, 2.05) is 0 Å². The van der Waals surface area contributed by atoms with Gasteiger partial charge < -0.3 is 10.1 Å². The zero-order valence-corrected chi connectivity index (χ0v) is 10.7. The van der Waals surface area contributed by atoms with Gasteiger partial charge in [-0.25, -0.2) is 13.1 Å². The van der Waals surface area contributed by atoms with E-state index in [4.69, 9.17) is 4.74 Å². The lowest BCUT2D eigenvalue weighted by molar-refractivity contribution is 0.136. The van der Waals surface area contributed by atoms with Crippen molar-refractivity contribution in [1.82, 2.24) is 10.0 Å². The Labute approximate surface area is 98.0 Å². The maximum absolute atomic E-state index is 11.7. The highest BCUT2D eigenvalue weighted by Gasteiger charge is 2.27. The fourth-order valence-electron chi connectivity index (χ4n) is 1.62. The van der Waals surface area contributed by atoms with Crippen molar-refractivity contribution >= 4 is 10.0 Å². The first kappa shape index (κ1) is 13.9. The molecule has 0 aromatic carbocycles. The smallest absolute Gasteiger partial charge is 0.215 e. The Morgan fingerprint density at radius 3 is 2.88 bits per heavy atom. The monoisotopic (exact) mass is 250 g/mol. The molecule has 96 valence electrons. The molecule has 1 rings (SSSR count). The molecule has 1 atom stereocenters. The largest absolute Gasteiger partial charge is 0.380 e. The van der Waals surface area contributed by atoms with Gasteiger partial charge in [0.2, 0.25) is 10.0 Å². The highest BCUT2D eigenvalue weighted by atomic mass is 32.2. The fraction of sp³-hybridized carbons (Fsp3) is 1.00. The van der Waals surface area contributed by atoms with Gasteiger partial charge in [0.1, 0.15) is 0 Å². The van der Waals surface area contributed by atoms with Crippen LogP contribution in [-0.2, 0) is 14.8 Å². The van der Waals surface area contributed by atoms with Crippen molar-refractivity contribution in [2.45, 2.75) is 31.4 Å². The molecule has 1 fully saturated rings. The molecule has 1 heterocycles. The van der Waals surface area contributed by atoms with Crippen LogP contribution in [-0.4, -0.2) is 46.5 Å². The van der Waals surface area contributed by atoms with Crippen LogP contribution in [0.5, 0.6) is 0 Å². The van der Waals surface area contributed by atoms with E-state index >= 15 is 0 Å². The van der Waals surface area contributed by atoms with Crippen LogP contribution in [0.3, 0.4) is 0 Å². The van der Waals surface area contributed by atoms with Crippen molar-refractivity contribution in [2.75, 3.05) is 32.8 Å². The summed E-state index contributed by atoms with van der Waals surface area (Å²) >= 11 is 0. The molecule has 1 unspecified atom stereocenters. The van der Waals surface area contributed by atoms with Crippen LogP contribution in [0.1, 0.15) is 26.2 Å². The molecule has 0 spiro atoms. The summed E-state index contributed by atoms with van der Waals surface area (Å²) in [6.07, 6.45) is 2.82. The van der Waals surface area contributed by atoms with Gasteiger partial charge in [-0.2, -0.15) is 0 Å². The van der Waals surface area contributed by atoms with E-state index in [0.29, 0.717) is 32.7 Å². The SMILES string of the molecule is CCCCOCCNS(=O)(=O)C1CCNC1. The summed E-state index contributed by atoms with van der Waals surface area (Å²) in [5.41, 5.74) is 0. The van der Waals surface area contributed by atoms with Crippen molar-refractivity contribution in [2.24, 2.45) is 0 Å². The summed E-state index contributed by atoms with van der Waals surface area (Å²) in [5.74, 6) is 0. The van der Waals surface area contributed by atoms with Gasteiger partial charge in [-0.1, -0.05) is 13.3 Å². The number of nitrogens with one attached hydrogen (secondary N) is 2. The van der Waals surface area contributed by atoms with Crippen LogP contribution in [0.25, 0.3) is 0 Å². The third-order valence-electron chi connectivity index (χ3n) is 2.65. The van der Waals surface area contributed by atoms with Crippen LogP contribution in [0.15, 0.2) is 0 Å². The Bertz CT molecular complexity index is 274. The third-order valence-corrected chi connectivity index (χ3v) is 4.53. The lowest BCUT2D eigenvalue weighted by atomic mass is 10.4. The third kappa shape index (κ3) is 4.78. The number of rotatable bonds is 8. The minimum atomic E-state index is -3.15. The first-order valence-electron chi connectivity index (χ1n) is 5.93. The minimum Gasteiger partial charge on any atom is -0.380 e. The van der Waals surface area contributed by atoms with Gasteiger partial charge in [-0.15, -0.1) is 0 Å². The number of sulfonamides is 1. The molecule has 0 saturated carbocycles. The zero-order chi connectivity index (χ0) is 11.9. The quantitative estimate of drug-likeness (QED) is 0.599. The molecule has 0 aliphatic carbocycles. The van der Waals surface area contributed by atoms with Crippen LogP contribution < -0.4 is 10.0 Å². The van der Waals surface area contributed by atoms with Gasteiger partial charge in [-0.3, -0.25) is 0 Å². The van der Waals surface area contributed by atoms with E-state index in [-0.39, 0.29) is 5.25 Å². The number of hydrogen-bond acceptors (Lipinski definition) is 4. The molecular weight excluding hydrogens is 228 g/mol. The van der Waals surface area contributed by atoms with Gasteiger partial charge in [0.25, 0.3) is 0 Å². The Balaban J connectivity index is 2.11. The molecule has 0 radical (unpaired) electrons. The van der Waals surface area contributed by atoms with Gasteiger partial charge in [-0.05, 0) is 19.4 Å². The van der Waals surface area contributed by atoms with E-state index in [1.165, 1.54) is 0 Å². The molecule has 0 aromatic heterocycles. The second-order valence-electron chi connectivity index (χ2n) is 4.02. The maximum Gasteiger partial charge on any atom is 0.215 e. The number of ether oxygens (including phenoxy) is 1. The van der Waals surface area contributed by atoms with Crippen molar-refractivity contribution in [3.63, 3.8) is 0 Å². The Morgan fingerprint density at radius 2 is 2.25 bits per heavy atom. The number of hydrogen-bond donors (Lipinski definition) is 2. The average molecular weight is 250 g/mol. The predicted molar refractivity (Wildman–Crippen MR) is 63.9 cm³/mol. The molecule has 16 heavy (non-hydrogen) atoms. The van der Waals surface area contributed by atoms with Crippen LogP contribution >= 0.6 is 0 Å². The molecular formula is C10H22N2O3S. The van der Waals surface area contributed by atoms with Crippen molar-refractivity contribution in [3.8, 4) is 0 Å². The predicted octanol–water partition coefficient (Wildman–Crippen LogP) is 0.0844. The van der Waals surface area contributed by atoms with Crippen molar-refractivity contribution in [1.29, 1.82) is 0 Å². The normalized spacial score (nSPS) is 21.4. The summed E-state index contributed by atoms with van der Waals surface area (Å²) in [5, 5.41) is 2.77. The molecule has 0 amide bonds. The molecule has 5 nitrogen and oxygen atoms in total. The van der Waals surface area contributed by atoms with E-state index in [0.717, 1.165) is 19.4 Å². The Hall–Kier alpha value is -0.170. The van der Waals surface area contributed by atoms with Gasteiger partial charge in [0.05, 0.1) is 11.9 Å². The lowest BCUT2D eigenvalue weighted by Gasteiger charge is -2.11. The topological polar surface area (TPSA) is 67.4 Å². The Morgan fingerprint density at radius 1 is 1.44 bits per heavy atom. The molecule has 2 N–H and O–H groups in total. The highest BCUT2D eigenvalue weighted by molar-refractivity contribution is 7.90. The van der Waals surface area contributed by atoms with Crippen LogP contribution in [0, 0.1) is 0 Å². The summed E-state index contributed by atoms with van der Waals surface area (Å²) in [6.45, 7) is 4.99. The van der Waals surface area contributed by atoms with Gasteiger partial charge in [0.15, 0.2) is 0 Å². The summed E-state index contributed by atoms with van der Waals surface area (Å²) in [6, 6.07) is 0. The second kappa shape index (κ2) is 7.21. The zero-order valence-electron chi connectivity index (χ0n) is 9.87. The summed E-state index contributed by atoms with van der Waals surface area (Å²) in [7, 11) is -3.15. The first-order valence-corrected chi connectivity index (χ1v) is 7.48. The molecule has 0 aromatic rings. The summed E-state index contributed by atoms with van der Waals surface area (Å²) in [4.78, 5) is 0. The molecule has 1 aliphatic heterocycles. The summed E-state index contributed by atoms with van der Waals surface area (Å²) < 4.78 is 31.3. The standard InChI is InChI=1S/C10H22N2O3S/c1-2-3-7-15-8-6-12-16(13,14)10-4-5-11-9-10/h10-12H,2-9H2,1H3. The second-order valence-corrected chi connectivity index (χ2v) is 6.07. The molecule has 6 heteroatoms. The van der Waals surface area contributed by atoms with E-state index in [9.17, 15) is 8.42 Å². The first-order chi connectivity index (χ1) is 7.67. The molecule has 1 saturated heterocycles. The highest BCUT2D eigenvalue weighted by Crippen LogP contribution is 2.07. The van der Waals surface area contributed by atoms with E-state index in [2.05, 4.69) is 17.0 Å². The van der Waals surface area contributed by atoms with Gasteiger partial charge >= 0.3 is 0 Å². The Kier molecular flexibility index (Phi) is 6.26. The van der Waals surface area contributed by atoms with E-state index in [1.54, 1.807) is 0 Å². The lowest BCUT2D eigenvalue weighted by Crippen LogP contribution is -2.37. The molecule has 0 bridgehead atoms. The minimum absolute atomic E-state index is 0.275. The average Bonchev–Trinajstić information content (AvgIpc) is 2.77. The van der Waals surface area contributed by atoms with Crippen molar-refractivity contribution in [3.05, 3.63) is 0 Å².